The van der Waals surface area contributed by atoms with Crippen LogP contribution in [-0.2, 0) is 26.6 Å². The summed E-state index contributed by atoms with van der Waals surface area (Å²) >= 11 is 0. The largest absolute Gasteiger partial charge is 0.375 e. The molecule has 1 amide bonds. The molecule has 0 spiro atoms. The predicted octanol–water partition coefficient (Wildman–Crippen LogP) is -0.402. The minimum absolute atomic E-state index is 0.0200. The van der Waals surface area contributed by atoms with Crippen LogP contribution in [0.1, 0.15) is 12.2 Å². The summed E-state index contributed by atoms with van der Waals surface area (Å²) in [6.07, 6.45) is 2.11. The first-order chi connectivity index (χ1) is 10.4. The van der Waals surface area contributed by atoms with Gasteiger partial charge in [-0.15, -0.1) is 0 Å². The molecule has 0 aromatic carbocycles. The fraction of sp³-hybridized carbons (Fsp3) is 0.692. The minimum atomic E-state index is -3.62. The molecule has 0 N–H and O–H groups in total. The summed E-state index contributed by atoms with van der Waals surface area (Å²) in [5.74, 6) is 0.528. The predicted molar refractivity (Wildman–Crippen MR) is 79.8 cm³/mol. The Kier molecular flexibility index (Phi) is 5.20. The molecular formula is C13H22N4O4S. The number of carbonyl (C=O) groups is 1. The molecule has 1 aliphatic rings. The van der Waals surface area contributed by atoms with Gasteiger partial charge < -0.3 is 14.2 Å². The third kappa shape index (κ3) is 3.47. The number of methoxy groups -OCH3 is 1. The van der Waals surface area contributed by atoms with Gasteiger partial charge in [0.25, 0.3) is 10.0 Å². The summed E-state index contributed by atoms with van der Waals surface area (Å²) in [6, 6.07) is 0. The molecule has 1 aliphatic heterocycles. The van der Waals surface area contributed by atoms with Gasteiger partial charge in [-0.05, 0) is 13.3 Å². The van der Waals surface area contributed by atoms with E-state index in [0.717, 1.165) is 0 Å². The number of aromatic nitrogens is 2. The molecule has 0 unspecified atom stereocenters. The zero-order valence-corrected chi connectivity index (χ0v) is 14.0. The molecule has 0 bridgehead atoms. The maximum Gasteiger partial charge on any atom is 0.262 e. The molecule has 1 aromatic rings. The van der Waals surface area contributed by atoms with Crippen LogP contribution in [0.5, 0.6) is 0 Å². The van der Waals surface area contributed by atoms with E-state index in [1.807, 2.05) is 0 Å². The molecule has 8 nitrogen and oxygen atoms in total. The summed E-state index contributed by atoms with van der Waals surface area (Å²) in [5.41, 5.74) is 0. The van der Waals surface area contributed by atoms with E-state index in [1.165, 1.54) is 17.6 Å². The number of carbonyl (C=O) groups excluding carboxylic acids is 1. The Balaban J connectivity index is 2.11. The van der Waals surface area contributed by atoms with Gasteiger partial charge in [-0.25, -0.2) is 13.4 Å². The van der Waals surface area contributed by atoms with Gasteiger partial charge in [0.15, 0.2) is 5.03 Å². The van der Waals surface area contributed by atoms with Gasteiger partial charge >= 0.3 is 0 Å². The number of nitrogens with zero attached hydrogens (tertiary/aromatic N) is 4. The number of hydrogen-bond donors (Lipinski definition) is 0. The van der Waals surface area contributed by atoms with Crippen LogP contribution in [0.3, 0.4) is 0 Å². The molecule has 0 radical (unpaired) electrons. The van der Waals surface area contributed by atoms with E-state index in [2.05, 4.69) is 4.98 Å². The van der Waals surface area contributed by atoms with Crippen LogP contribution in [0.15, 0.2) is 11.2 Å². The third-order valence-corrected chi connectivity index (χ3v) is 5.54. The maximum absolute atomic E-state index is 12.6. The van der Waals surface area contributed by atoms with Crippen molar-refractivity contribution in [2.24, 2.45) is 7.05 Å². The van der Waals surface area contributed by atoms with E-state index in [4.69, 9.17) is 4.74 Å². The fourth-order valence-corrected chi connectivity index (χ4v) is 3.88. The van der Waals surface area contributed by atoms with Gasteiger partial charge in [-0.1, -0.05) is 0 Å². The van der Waals surface area contributed by atoms with Crippen LogP contribution in [-0.4, -0.2) is 73.0 Å². The van der Waals surface area contributed by atoms with E-state index < -0.39 is 10.0 Å². The number of ether oxygens (including phenoxy) is 1. The number of aryl methyl sites for hydroxylation is 2. The quantitative estimate of drug-likeness (QED) is 0.750. The Hall–Kier alpha value is -1.45. The summed E-state index contributed by atoms with van der Waals surface area (Å²) in [5, 5.41) is 0.0594. The lowest BCUT2D eigenvalue weighted by molar-refractivity contribution is -0.134. The Bertz CT molecular complexity index is 621. The summed E-state index contributed by atoms with van der Waals surface area (Å²) in [7, 11) is -0.389. The molecule has 0 saturated carbocycles. The standard InChI is InChI=1S/C13H22N4O4S/c1-11-14-12(9-15(11)2)22(19,20)17-6-4-5-16(7-8-17)13(18)10-21-3/h9H,4-8,10H2,1-3H3. The summed E-state index contributed by atoms with van der Waals surface area (Å²) in [6.45, 7) is 3.34. The van der Waals surface area contributed by atoms with Gasteiger partial charge in [-0.2, -0.15) is 4.31 Å². The second kappa shape index (κ2) is 6.76. The minimum Gasteiger partial charge on any atom is -0.375 e. The second-order valence-corrected chi connectivity index (χ2v) is 7.19. The van der Waals surface area contributed by atoms with Gasteiger partial charge in [0.05, 0.1) is 0 Å². The van der Waals surface area contributed by atoms with Crippen molar-refractivity contribution < 1.29 is 17.9 Å². The van der Waals surface area contributed by atoms with Crippen LogP contribution in [0, 0.1) is 6.92 Å². The topological polar surface area (TPSA) is 84.7 Å². The summed E-state index contributed by atoms with van der Waals surface area (Å²) in [4.78, 5) is 17.6. The van der Waals surface area contributed by atoms with Gasteiger partial charge in [-0.3, -0.25) is 4.79 Å². The lowest BCUT2D eigenvalue weighted by Gasteiger charge is -2.21. The zero-order chi connectivity index (χ0) is 16.3. The van der Waals surface area contributed by atoms with Gasteiger partial charge in [0.1, 0.15) is 12.4 Å². The average Bonchev–Trinajstić information content (AvgIpc) is 2.69. The van der Waals surface area contributed by atoms with Crippen molar-refractivity contribution in [2.75, 3.05) is 39.9 Å². The van der Waals surface area contributed by atoms with E-state index in [0.29, 0.717) is 31.9 Å². The lowest BCUT2D eigenvalue weighted by Crippen LogP contribution is -2.38. The highest BCUT2D eigenvalue weighted by atomic mass is 32.2. The van der Waals surface area contributed by atoms with Gasteiger partial charge in [0, 0.05) is 46.5 Å². The van der Waals surface area contributed by atoms with Crippen LogP contribution in [0.25, 0.3) is 0 Å². The van der Waals surface area contributed by atoms with Crippen molar-refractivity contribution in [2.45, 2.75) is 18.4 Å². The number of amides is 1. The first-order valence-electron chi connectivity index (χ1n) is 7.13. The smallest absolute Gasteiger partial charge is 0.262 e. The second-order valence-electron chi connectivity index (χ2n) is 5.31. The molecular weight excluding hydrogens is 308 g/mol. The van der Waals surface area contributed by atoms with E-state index >= 15 is 0 Å². The van der Waals surface area contributed by atoms with E-state index in [9.17, 15) is 13.2 Å². The Morgan fingerprint density at radius 1 is 1.32 bits per heavy atom. The molecule has 2 rings (SSSR count). The molecule has 124 valence electrons. The molecule has 1 aromatic heterocycles. The molecule has 22 heavy (non-hydrogen) atoms. The SMILES string of the molecule is COCC(=O)N1CCCN(S(=O)(=O)c2cn(C)c(C)n2)CC1. The first-order valence-corrected chi connectivity index (χ1v) is 8.57. The van der Waals surface area contributed by atoms with Crippen molar-refractivity contribution in [3.05, 3.63) is 12.0 Å². The molecule has 0 aliphatic carbocycles. The van der Waals surface area contributed by atoms with E-state index in [1.54, 1.807) is 23.4 Å². The molecule has 0 atom stereocenters. The number of hydrogen-bond acceptors (Lipinski definition) is 5. The third-order valence-electron chi connectivity index (χ3n) is 3.77. The monoisotopic (exact) mass is 330 g/mol. The molecule has 1 fully saturated rings. The van der Waals surface area contributed by atoms with Crippen LogP contribution < -0.4 is 0 Å². The van der Waals surface area contributed by atoms with Crippen molar-refractivity contribution in [3.8, 4) is 0 Å². The van der Waals surface area contributed by atoms with E-state index in [-0.39, 0.29) is 24.1 Å². The van der Waals surface area contributed by atoms with Crippen molar-refractivity contribution in [3.63, 3.8) is 0 Å². The Morgan fingerprint density at radius 2 is 2.05 bits per heavy atom. The zero-order valence-electron chi connectivity index (χ0n) is 13.2. The van der Waals surface area contributed by atoms with Crippen molar-refractivity contribution in [1.29, 1.82) is 0 Å². The van der Waals surface area contributed by atoms with Crippen molar-refractivity contribution >= 4 is 15.9 Å². The first kappa shape index (κ1) is 16.9. The normalized spacial score (nSPS) is 17.5. The molecule has 9 heteroatoms. The highest BCUT2D eigenvalue weighted by Gasteiger charge is 2.30. The fourth-order valence-electron chi connectivity index (χ4n) is 2.38. The highest BCUT2D eigenvalue weighted by molar-refractivity contribution is 7.89. The average molecular weight is 330 g/mol. The number of rotatable bonds is 4. The number of imidazole rings is 1. The lowest BCUT2D eigenvalue weighted by atomic mass is 10.4. The molecule has 1 saturated heterocycles. The van der Waals surface area contributed by atoms with Crippen molar-refractivity contribution in [1.82, 2.24) is 18.8 Å². The number of sulfonamides is 1. The van der Waals surface area contributed by atoms with Crippen LogP contribution in [0.4, 0.5) is 0 Å². The Morgan fingerprint density at radius 3 is 2.64 bits per heavy atom. The highest BCUT2D eigenvalue weighted by Crippen LogP contribution is 2.17. The Labute approximate surface area is 130 Å². The van der Waals surface area contributed by atoms with Gasteiger partial charge in [0.2, 0.25) is 5.91 Å². The molecule has 2 heterocycles. The summed E-state index contributed by atoms with van der Waals surface area (Å²) < 4.78 is 33.2. The van der Waals surface area contributed by atoms with Crippen LogP contribution >= 0.6 is 0 Å². The van der Waals surface area contributed by atoms with Crippen LogP contribution in [0.2, 0.25) is 0 Å². The maximum atomic E-state index is 12.6.